The summed E-state index contributed by atoms with van der Waals surface area (Å²) >= 11 is 0. The van der Waals surface area contributed by atoms with Crippen molar-refractivity contribution >= 4 is 17.6 Å². The van der Waals surface area contributed by atoms with Gasteiger partial charge in [-0.3, -0.25) is 4.79 Å². The molecule has 0 radical (unpaired) electrons. The van der Waals surface area contributed by atoms with Crippen LogP contribution in [0, 0.1) is 0 Å². The number of anilines is 1. The van der Waals surface area contributed by atoms with Crippen LogP contribution in [0.5, 0.6) is 0 Å². The van der Waals surface area contributed by atoms with Crippen LogP contribution in [0.15, 0.2) is 24.3 Å². The zero-order valence-electron chi connectivity index (χ0n) is 12.6. The molecule has 0 bridgehead atoms. The molecule has 1 aromatic carbocycles. The molecule has 0 heterocycles. The lowest BCUT2D eigenvalue weighted by Gasteiger charge is -2.34. The minimum Gasteiger partial charge on any atom is -0.480 e. The molecule has 5 heteroatoms. The Labute approximate surface area is 125 Å². The monoisotopic (exact) mass is 290 g/mol. The number of nitrogens with one attached hydrogen (secondary N) is 1. The van der Waals surface area contributed by atoms with E-state index in [9.17, 15) is 14.7 Å². The van der Waals surface area contributed by atoms with Gasteiger partial charge in [-0.2, -0.15) is 0 Å². The molecular weight excluding hydrogens is 268 g/mol. The second-order valence-electron chi connectivity index (χ2n) is 5.84. The van der Waals surface area contributed by atoms with Gasteiger partial charge in [0.25, 0.3) is 5.91 Å². The van der Waals surface area contributed by atoms with E-state index in [2.05, 4.69) is 5.32 Å². The van der Waals surface area contributed by atoms with E-state index in [-0.39, 0.29) is 5.91 Å². The molecule has 1 aromatic rings. The van der Waals surface area contributed by atoms with E-state index < -0.39 is 11.5 Å². The Kier molecular flexibility index (Phi) is 4.50. The van der Waals surface area contributed by atoms with Crippen molar-refractivity contribution in [3.8, 4) is 0 Å². The van der Waals surface area contributed by atoms with E-state index in [1.807, 2.05) is 31.1 Å². The lowest BCUT2D eigenvalue weighted by atomic mass is 9.81. The summed E-state index contributed by atoms with van der Waals surface area (Å²) in [5, 5.41) is 12.2. The molecular formula is C16H22N2O3. The summed E-state index contributed by atoms with van der Waals surface area (Å²) in [4.78, 5) is 25.8. The zero-order chi connectivity index (χ0) is 15.5. The molecule has 1 amide bonds. The predicted octanol–water partition coefficient (Wildman–Crippen LogP) is 2.27. The van der Waals surface area contributed by atoms with Gasteiger partial charge in [-0.25, -0.2) is 4.79 Å². The van der Waals surface area contributed by atoms with Crippen molar-refractivity contribution in [2.45, 2.75) is 37.6 Å². The average molecular weight is 290 g/mol. The molecule has 0 aromatic heterocycles. The Morgan fingerprint density at radius 3 is 2.14 bits per heavy atom. The predicted molar refractivity (Wildman–Crippen MR) is 81.7 cm³/mol. The van der Waals surface area contributed by atoms with Crippen LogP contribution in [0.4, 0.5) is 5.69 Å². The van der Waals surface area contributed by atoms with Crippen LogP contribution in [0.3, 0.4) is 0 Å². The molecule has 1 aliphatic rings. The highest BCUT2D eigenvalue weighted by atomic mass is 16.4. The van der Waals surface area contributed by atoms with Crippen molar-refractivity contribution in [2.75, 3.05) is 19.0 Å². The average Bonchev–Trinajstić information content (AvgIpc) is 2.48. The number of benzene rings is 1. The Hall–Kier alpha value is -2.04. The van der Waals surface area contributed by atoms with Crippen molar-refractivity contribution in [3.05, 3.63) is 29.8 Å². The molecule has 2 N–H and O–H groups in total. The van der Waals surface area contributed by atoms with Crippen LogP contribution in [-0.2, 0) is 4.79 Å². The molecule has 114 valence electrons. The summed E-state index contributed by atoms with van der Waals surface area (Å²) in [6.07, 6.45) is 3.72. The summed E-state index contributed by atoms with van der Waals surface area (Å²) in [7, 11) is 3.85. The van der Waals surface area contributed by atoms with Crippen molar-refractivity contribution in [1.82, 2.24) is 5.32 Å². The third kappa shape index (κ3) is 3.35. The normalized spacial score (nSPS) is 17.0. The van der Waals surface area contributed by atoms with Crippen molar-refractivity contribution in [3.63, 3.8) is 0 Å². The number of aliphatic carboxylic acids is 1. The quantitative estimate of drug-likeness (QED) is 0.892. The first kappa shape index (κ1) is 15.4. The van der Waals surface area contributed by atoms with Crippen LogP contribution < -0.4 is 10.2 Å². The number of rotatable bonds is 4. The summed E-state index contributed by atoms with van der Waals surface area (Å²) in [5.74, 6) is -1.25. The van der Waals surface area contributed by atoms with Gasteiger partial charge in [-0.1, -0.05) is 19.3 Å². The van der Waals surface area contributed by atoms with Gasteiger partial charge < -0.3 is 15.3 Å². The maximum absolute atomic E-state index is 12.3. The first-order chi connectivity index (χ1) is 9.94. The van der Waals surface area contributed by atoms with Crippen molar-refractivity contribution < 1.29 is 14.7 Å². The lowest BCUT2D eigenvalue weighted by Crippen LogP contribution is -2.55. The minimum absolute atomic E-state index is 0.315. The fourth-order valence-corrected chi connectivity index (χ4v) is 2.75. The Morgan fingerprint density at radius 1 is 1.10 bits per heavy atom. The lowest BCUT2D eigenvalue weighted by molar-refractivity contribution is -0.145. The molecule has 0 spiro atoms. The zero-order valence-corrected chi connectivity index (χ0v) is 12.6. The van der Waals surface area contributed by atoms with Gasteiger partial charge in [0.2, 0.25) is 0 Å². The topological polar surface area (TPSA) is 69.6 Å². The van der Waals surface area contributed by atoms with Crippen LogP contribution >= 0.6 is 0 Å². The van der Waals surface area contributed by atoms with Gasteiger partial charge in [-0.15, -0.1) is 0 Å². The molecule has 0 unspecified atom stereocenters. The smallest absolute Gasteiger partial charge is 0.329 e. The van der Waals surface area contributed by atoms with E-state index in [0.717, 1.165) is 24.9 Å². The van der Waals surface area contributed by atoms with Gasteiger partial charge in [0, 0.05) is 25.3 Å². The molecule has 21 heavy (non-hydrogen) atoms. The second-order valence-corrected chi connectivity index (χ2v) is 5.84. The van der Waals surface area contributed by atoms with Gasteiger partial charge in [0.15, 0.2) is 0 Å². The minimum atomic E-state index is -1.10. The van der Waals surface area contributed by atoms with Crippen LogP contribution in [0.2, 0.25) is 0 Å². The number of nitrogens with zero attached hydrogens (tertiary/aromatic N) is 1. The molecule has 1 aliphatic carbocycles. The van der Waals surface area contributed by atoms with Crippen molar-refractivity contribution in [2.24, 2.45) is 0 Å². The molecule has 2 rings (SSSR count). The molecule has 5 nitrogen and oxygen atoms in total. The highest BCUT2D eigenvalue weighted by Crippen LogP contribution is 2.29. The Morgan fingerprint density at radius 2 is 1.67 bits per heavy atom. The standard InChI is InChI=1S/C16H22N2O3/c1-18(2)13-8-6-12(7-9-13)14(19)17-16(15(20)21)10-4-3-5-11-16/h6-9H,3-5,10-11H2,1-2H3,(H,17,19)(H,20,21). The number of carbonyl (C=O) groups excluding carboxylic acids is 1. The number of carbonyl (C=O) groups is 2. The number of amides is 1. The van der Waals surface area contributed by atoms with Crippen LogP contribution in [0.1, 0.15) is 42.5 Å². The van der Waals surface area contributed by atoms with E-state index in [1.165, 1.54) is 0 Å². The maximum Gasteiger partial charge on any atom is 0.329 e. The second kappa shape index (κ2) is 6.16. The summed E-state index contributed by atoms with van der Waals surface area (Å²) < 4.78 is 0. The van der Waals surface area contributed by atoms with Gasteiger partial charge in [0.05, 0.1) is 0 Å². The number of carboxylic acid groups (broad SMARTS) is 1. The largest absolute Gasteiger partial charge is 0.480 e. The van der Waals surface area contributed by atoms with E-state index in [1.54, 1.807) is 12.1 Å². The third-order valence-electron chi connectivity index (χ3n) is 4.12. The summed E-state index contributed by atoms with van der Waals surface area (Å²) in [5.41, 5.74) is 0.388. The van der Waals surface area contributed by atoms with Crippen molar-refractivity contribution in [1.29, 1.82) is 0 Å². The van der Waals surface area contributed by atoms with E-state index in [0.29, 0.717) is 18.4 Å². The molecule has 1 fully saturated rings. The number of carboxylic acids is 1. The number of hydrogen-bond donors (Lipinski definition) is 2. The first-order valence-electron chi connectivity index (χ1n) is 7.28. The van der Waals surface area contributed by atoms with Gasteiger partial charge in [0.1, 0.15) is 5.54 Å². The molecule has 0 atom stereocenters. The van der Waals surface area contributed by atoms with Gasteiger partial charge >= 0.3 is 5.97 Å². The molecule has 1 saturated carbocycles. The maximum atomic E-state index is 12.3. The first-order valence-corrected chi connectivity index (χ1v) is 7.28. The molecule has 0 aliphatic heterocycles. The van der Waals surface area contributed by atoms with Crippen LogP contribution in [-0.4, -0.2) is 36.6 Å². The van der Waals surface area contributed by atoms with Gasteiger partial charge in [-0.05, 0) is 37.1 Å². The van der Waals surface area contributed by atoms with E-state index >= 15 is 0 Å². The van der Waals surface area contributed by atoms with Crippen LogP contribution in [0.25, 0.3) is 0 Å². The molecule has 0 saturated heterocycles. The highest BCUT2D eigenvalue weighted by Gasteiger charge is 2.41. The Balaban J connectivity index is 2.13. The number of hydrogen-bond acceptors (Lipinski definition) is 3. The summed E-state index contributed by atoms with van der Waals surface area (Å²) in [6.45, 7) is 0. The third-order valence-corrected chi connectivity index (χ3v) is 4.12. The fraction of sp³-hybridized carbons (Fsp3) is 0.500. The fourth-order valence-electron chi connectivity index (χ4n) is 2.75. The summed E-state index contributed by atoms with van der Waals surface area (Å²) in [6, 6.07) is 7.15. The van der Waals surface area contributed by atoms with E-state index in [4.69, 9.17) is 0 Å². The highest BCUT2D eigenvalue weighted by molar-refractivity contribution is 5.98. The Bertz CT molecular complexity index is 517. The SMILES string of the molecule is CN(C)c1ccc(C(=O)NC2(C(=O)O)CCCCC2)cc1.